The normalized spacial score (nSPS) is 10.6. The van der Waals surface area contributed by atoms with E-state index in [1.165, 1.54) is 6.20 Å². The Balaban J connectivity index is 1.75. The zero-order valence-corrected chi connectivity index (χ0v) is 13.5. The van der Waals surface area contributed by atoms with Crippen molar-refractivity contribution in [2.24, 2.45) is 0 Å². The van der Waals surface area contributed by atoms with Crippen LogP contribution in [0.4, 0.5) is 5.82 Å². The third-order valence-corrected chi connectivity index (χ3v) is 3.82. The Morgan fingerprint density at radius 2 is 2.14 bits per heavy atom. The largest absolute Gasteiger partial charge is 0.304 e. The molecule has 3 rings (SSSR count). The number of anilines is 1. The van der Waals surface area contributed by atoms with Gasteiger partial charge in [0.2, 0.25) is 0 Å². The summed E-state index contributed by atoms with van der Waals surface area (Å²) in [4.78, 5) is 12.1. The molecule has 0 fully saturated rings. The van der Waals surface area contributed by atoms with E-state index < -0.39 is 0 Å². The first-order chi connectivity index (χ1) is 10.6. The highest BCUT2D eigenvalue weighted by Gasteiger charge is 2.14. The van der Waals surface area contributed by atoms with Crippen molar-refractivity contribution < 1.29 is 4.79 Å². The first kappa shape index (κ1) is 14.5. The molecule has 0 aliphatic heterocycles. The monoisotopic (exact) mass is 359 g/mol. The van der Waals surface area contributed by atoms with Gasteiger partial charge in [0.15, 0.2) is 5.82 Å². The molecule has 0 aliphatic carbocycles. The molecule has 6 nitrogen and oxygen atoms in total. The van der Waals surface area contributed by atoms with E-state index in [0.29, 0.717) is 22.5 Å². The van der Waals surface area contributed by atoms with Crippen LogP contribution in [0, 0.1) is 6.92 Å². The molecule has 1 amide bonds. The lowest BCUT2D eigenvalue weighted by Gasteiger charge is -2.04. The van der Waals surface area contributed by atoms with Gasteiger partial charge in [-0.3, -0.25) is 14.6 Å². The average Bonchev–Trinajstić information content (AvgIpc) is 3.07. The van der Waals surface area contributed by atoms with E-state index in [9.17, 15) is 4.79 Å². The van der Waals surface area contributed by atoms with Crippen LogP contribution >= 0.6 is 15.9 Å². The highest BCUT2D eigenvalue weighted by molar-refractivity contribution is 9.10. The summed E-state index contributed by atoms with van der Waals surface area (Å²) in [6.45, 7) is 2.62. The van der Waals surface area contributed by atoms with Crippen LogP contribution in [0.15, 0.2) is 47.1 Å². The van der Waals surface area contributed by atoms with Gasteiger partial charge in [-0.05, 0) is 28.4 Å². The Bertz CT molecular complexity index is 793. The smallest absolute Gasteiger partial charge is 0.276 e. The molecular weight excluding hydrogens is 346 g/mol. The number of nitrogens with zero attached hydrogens (tertiary/aromatic N) is 3. The first-order valence-electron chi connectivity index (χ1n) is 6.72. The van der Waals surface area contributed by atoms with Crippen molar-refractivity contribution in [3.63, 3.8) is 0 Å². The van der Waals surface area contributed by atoms with E-state index in [-0.39, 0.29) is 5.91 Å². The maximum atomic E-state index is 12.1. The number of rotatable bonds is 4. The number of aromatic amines is 1. The van der Waals surface area contributed by atoms with Crippen molar-refractivity contribution in [3.8, 4) is 0 Å². The fraction of sp³-hybridized carbons (Fsp3) is 0.133. The summed E-state index contributed by atoms with van der Waals surface area (Å²) in [6, 6.07) is 11.9. The number of benzene rings is 1. The second kappa shape index (κ2) is 6.15. The first-order valence-corrected chi connectivity index (χ1v) is 7.51. The molecule has 22 heavy (non-hydrogen) atoms. The molecule has 1 aromatic carbocycles. The quantitative estimate of drug-likeness (QED) is 0.751. The maximum Gasteiger partial charge on any atom is 0.276 e. The summed E-state index contributed by atoms with van der Waals surface area (Å²) < 4.78 is 2.47. The predicted octanol–water partition coefficient (Wildman–Crippen LogP) is 2.98. The molecule has 2 N–H and O–H groups in total. The highest BCUT2D eigenvalue weighted by Crippen LogP contribution is 2.16. The van der Waals surface area contributed by atoms with Gasteiger partial charge in [-0.2, -0.15) is 10.2 Å². The molecule has 0 radical (unpaired) electrons. The lowest BCUT2D eigenvalue weighted by atomic mass is 10.2. The van der Waals surface area contributed by atoms with Gasteiger partial charge in [-0.1, -0.05) is 30.3 Å². The fourth-order valence-corrected chi connectivity index (χ4v) is 2.47. The minimum atomic E-state index is -0.284. The summed E-state index contributed by atoms with van der Waals surface area (Å²) in [5.74, 6) is 0.230. The van der Waals surface area contributed by atoms with Crippen LogP contribution in [0.25, 0.3) is 0 Å². The summed E-state index contributed by atoms with van der Waals surface area (Å²) >= 11 is 3.26. The molecule has 2 heterocycles. The summed E-state index contributed by atoms with van der Waals surface area (Å²) in [6.07, 6.45) is 1.54. The van der Waals surface area contributed by atoms with Crippen molar-refractivity contribution in [1.82, 2.24) is 20.0 Å². The zero-order chi connectivity index (χ0) is 15.5. The molecule has 0 bridgehead atoms. The predicted molar refractivity (Wildman–Crippen MR) is 86.7 cm³/mol. The van der Waals surface area contributed by atoms with Crippen LogP contribution in [-0.4, -0.2) is 25.9 Å². The van der Waals surface area contributed by atoms with E-state index >= 15 is 0 Å². The third kappa shape index (κ3) is 3.09. The third-order valence-electron chi connectivity index (χ3n) is 3.22. The lowest BCUT2D eigenvalue weighted by Crippen LogP contribution is -2.14. The minimum Gasteiger partial charge on any atom is -0.304 e. The summed E-state index contributed by atoms with van der Waals surface area (Å²) in [5.41, 5.74) is 2.50. The van der Waals surface area contributed by atoms with Gasteiger partial charge >= 0.3 is 0 Å². The van der Waals surface area contributed by atoms with Gasteiger partial charge in [0, 0.05) is 11.8 Å². The van der Waals surface area contributed by atoms with Gasteiger partial charge in [0.05, 0.1) is 17.2 Å². The molecule has 0 spiro atoms. The molecule has 0 aliphatic rings. The SMILES string of the molecule is Cc1cc(NC(=O)c2[nH]ncc2Br)nn1Cc1ccccc1. The molecular formula is C15H14BrN5O. The second-order valence-corrected chi connectivity index (χ2v) is 5.72. The van der Waals surface area contributed by atoms with Gasteiger partial charge in [0.25, 0.3) is 5.91 Å². The van der Waals surface area contributed by atoms with Crippen molar-refractivity contribution in [1.29, 1.82) is 0 Å². The van der Waals surface area contributed by atoms with E-state index in [0.717, 1.165) is 11.3 Å². The number of amides is 1. The molecule has 3 aromatic rings. The molecule has 0 saturated heterocycles. The molecule has 7 heteroatoms. The molecule has 2 aromatic heterocycles. The summed E-state index contributed by atoms with van der Waals surface area (Å²) in [7, 11) is 0. The Morgan fingerprint density at radius 3 is 2.82 bits per heavy atom. The number of H-pyrrole nitrogens is 1. The second-order valence-electron chi connectivity index (χ2n) is 4.86. The van der Waals surface area contributed by atoms with E-state index in [4.69, 9.17) is 0 Å². The molecule has 112 valence electrons. The van der Waals surface area contributed by atoms with Gasteiger partial charge in [0.1, 0.15) is 5.69 Å². The topological polar surface area (TPSA) is 75.6 Å². The minimum absolute atomic E-state index is 0.284. The Morgan fingerprint density at radius 1 is 1.36 bits per heavy atom. The Kier molecular flexibility index (Phi) is 4.06. The standard InChI is InChI=1S/C15H14BrN5O/c1-10-7-13(18-15(22)14-12(16)8-17-19-14)20-21(10)9-11-5-3-2-4-6-11/h2-8H,9H2,1H3,(H,17,19)(H,18,20,22). The van der Waals surface area contributed by atoms with Crippen LogP contribution in [0.5, 0.6) is 0 Å². The van der Waals surface area contributed by atoms with Gasteiger partial charge in [-0.25, -0.2) is 0 Å². The lowest BCUT2D eigenvalue weighted by molar-refractivity contribution is 0.102. The summed E-state index contributed by atoms with van der Waals surface area (Å²) in [5, 5.41) is 13.6. The molecule has 0 atom stereocenters. The van der Waals surface area contributed by atoms with E-state index in [1.807, 2.05) is 48.0 Å². The number of nitrogens with one attached hydrogen (secondary N) is 2. The van der Waals surface area contributed by atoms with Crippen LogP contribution < -0.4 is 5.32 Å². The van der Waals surface area contributed by atoms with Crippen LogP contribution in [0.1, 0.15) is 21.7 Å². The number of carbonyl (C=O) groups is 1. The van der Waals surface area contributed by atoms with Crippen molar-refractivity contribution >= 4 is 27.7 Å². The van der Waals surface area contributed by atoms with E-state index in [1.54, 1.807) is 0 Å². The number of carbonyl (C=O) groups excluding carboxylic acids is 1. The number of halogens is 1. The van der Waals surface area contributed by atoms with Gasteiger partial charge in [-0.15, -0.1) is 0 Å². The fourth-order valence-electron chi connectivity index (χ4n) is 2.10. The van der Waals surface area contributed by atoms with Crippen LogP contribution in [-0.2, 0) is 6.54 Å². The Labute approximate surface area is 135 Å². The van der Waals surface area contributed by atoms with Crippen LogP contribution in [0.3, 0.4) is 0 Å². The maximum absolute atomic E-state index is 12.1. The zero-order valence-electron chi connectivity index (χ0n) is 11.9. The molecule has 0 saturated carbocycles. The highest BCUT2D eigenvalue weighted by atomic mass is 79.9. The Hall–Kier alpha value is -2.41. The van der Waals surface area contributed by atoms with E-state index in [2.05, 4.69) is 36.5 Å². The average molecular weight is 360 g/mol. The van der Waals surface area contributed by atoms with Crippen LogP contribution in [0.2, 0.25) is 0 Å². The van der Waals surface area contributed by atoms with Crippen molar-refractivity contribution in [2.75, 3.05) is 5.32 Å². The number of hydrogen-bond donors (Lipinski definition) is 2. The number of aromatic nitrogens is 4. The van der Waals surface area contributed by atoms with Crippen molar-refractivity contribution in [3.05, 3.63) is 64.0 Å². The van der Waals surface area contributed by atoms with Crippen molar-refractivity contribution in [2.45, 2.75) is 13.5 Å². The molecule has 0 unspecified atom stereocenters. The number of aryl methyl sites for hydroxylation is 1. The number of hydrogen-bond acceptors (Lipinski definition) is 3. The van der Waals surface area contributed by atoms with Gasteiger partial charge < -0.3 is 5.32 Å².